The molecule has 1 saturated heterocycles. The molecule has 1 rings (SSSR count). The molecule has 108 valence electrons. The van der Waals surface area contributed by atoms with Gasteiger partial charge in [0.2, 0.25) is 0 Å². The summed E-state index contributed by atoms with van der Waals surface area (Å²) in [6, 6.07) is 0. The molecule has 18 heavy (non-hydrogen) atoms. The van der Waals surface area contributed by atoms with Crippen molar-refractivity contribution in [1.29, 1.82) is 0 Å². The van der Waals surface area contributed by atoms with Gasteiger partial charge in [-0.05, 0) is 32.2 Å². The maximum absolute atomic E-state index is 6.15. The number of hydrogen-bond acceptors (Lipinski definition) is 3. The lowest BCUT2D eigenvalue weighted by Crippen LogP contribution is -2.55. The average molecular weight is 256 g/mol. The number of rotatable bonds is 9. The van der Waals surface area contributed by atoms with Gasteiger partial charge in [0, 0.05) is 25.2 Å². The summed E-state index contributed by atoms with van der Waals surface area (Å²) in [6.07, 6.45) is 7.70. The van der Waals surface area contributed by atoms with Crippen molar-refractivity contribution in [1.82, 2.24) is 4.90 Å². The zero-order valence-corrected chi connectivity index (χ0v) is 12.6. The third-order valence-corrected chi connectivity index (χ3v) is 4.31. The highest BCUT2D eigenvalue weighted by molar-refractivity contribution is 4.92. The molecule has 0 aromatic heterocycles. The minimum absolute atomic E-state index is 0.199. The number of hydrogen-bond donors (Lipinski definition) is 1. The van der Waals surface area contributed by atoms with Crippen LogP contribution in [0.5, 0.6) is 0 Å². The van der Waals surface area contributed by atoms with E-state index in [4.69, 9.17) is 10.5 Å². The molecule has 0 aromatic carbocycles. The summed E-state index contributed by atoms with van der Waals surface area (Å²) in [6.45, 7) is 10.6. The fraction of sp³-hybridized carbons (Fsp3) is 1.00. The molecular weight excluding hydrogens is 224 g/mol. The van der Waals surface area contributed by atoms with Crippen LogP contribution in [-0.2, 0) is 4.74 Å². The number of ether oxygens (including phenoxy) is 1. The molecule has 3 nitrogen and oxygen atoms in total. The van der Waals surface area contributed by atoms with E-state index in [1.54, 1.807) is 0 Å². The van der Waals surface area contributed by atoms with E-state index in [0.29, 0.717) is 6.10 Å². The lowest BCUT2D eigenvalue weighted by atomic mass is 9.86. The fourth-order valence-electron chi connectivity index (χ4n) is 3.40. The first-order chi connectivity index (χ1) is 8.72. The molecule has 0 radical (unpaired) electrons. The van der Waals surface area contributed by atoms with Crippen LogP contribution in [0.3, 0.4) is 0 Å². The van der Waals surface area contributed by atoms with Gasteiger partial charge in [-0.3, -0.25) is 4.90 Å². The summed E-state index contributed by atoms with van der Waals surface area (Å²) < 4.78 is 5.80. The first-order valence-corrected chi connectivity index (χ1v) is 7.79. The molecule has 2 N–H and O–H groups in total. The van der Waals surface area contributed by atoms with Crippen LogP contribution in [0, 0.1) is 0 Å². The lowest BCUT2D eigenvalue weighted by molar-refractivity contribution is 0.0152. The van der Waals surface area contributed by atoms with Gasteiger partial charge in [0.15, 0.2) is 0 Å². The van der Waals surface area contributed by atoms with E-state index >= 15 is 0 Å². The van der Waals surface area contributed by atoms with Gasteiger partial charge in [-0.2, -0.15) is 0 Å². The van der Waals surface area contributed by atoms with Crippen LogP contribution in [-0.4, -0.2) is 42.8 Å². The summed E-state index contributed by atoms with van der Waals surface area (Å²) in [5, 5.41) is 0. The first-order valence-electron chi connectivity index (χ1n) is 7.79. The second-order valence-corrected chi connectivity index (χ2v) is 5.60. The summed E-state index contributed by atoms with van der Waals surface area (Å²) in [7, 11) is 0. The Morgan fingerprint density at radius 1 is 1.22 bits per heavy atom. The zero-order chi connectivity index (χ0) is 13.4. The highest BCUT2D eigenvalue weighted by Crippen LogP contribution is 2.28. The van der Waals surface area contributed by atoms with Crippen molar-refractivity contribution in [3.8, 4) is 0 Å². The average Bonchev–Trinajstić information content (AvgIpc) is 2.88. The van der Waals surface area contributed by atoms with Crippen molar-refractivity contribution in [2.75, 3.05) is 26.2 Å². The van der Waals surface area contributed by atoms with E-state index in [1.807, 2.05) is 0 Å². The molecule has 1 atom stereocenters. The van der Waals surface area contributed by atoms with Crippen molar-refractivity contribution in [3.05, 3.63) is 0 Å². The Balaban J connectivity index is 2.70. The van der Waals surface area contributed by atoms with Crippen molar-refractivity contribution >= 4 is 0 Å². The maximum atomic E-state index is 6.15. The third kappa shape index (κ3) is 3.94. The van der Waals surface area contributed by atoms with E-state index in [0.717, 1.165) is 26.2 Å². The van der Waals surface area contributed by atoms with E-state index in [1.165, 1.54) is 38.5 Å². The fourth-order valence-corrected chi connectivity index (χ4v) is 3.40. The zero-order valence-electron chi connectivity index (χ0n) is 12.6. The number of likely N-dealkylation sites (N-methyl/N-ethyl adjacent to an activating group) is 1. The normalized spacial score (nSPS) is 20.8. The van der Waals surface area contributed by atoms with Gasteiger partial charge in [-0.25, -0.2) is 0 Å². The summed E-state index contributed by atoms with van der Waals surface area (Å²) in [4.78, 5) is 2.59. The van der Waals surface area contributed by atoms with Gasteiger partial charge in [0.25, 0.3) is 0 Å². The molecule has 1 aliphatic heterocycles. The van der Waals surface area contributed by atoms with Crippen LogP contribution in [0.15, 0.2) is 0 Å². The van der Waals surface area contributed by atoms with Crippen LogP contribution >= 0.6 is 0 Å². The highest BCUT2D eigenvalue weighted by Gasteiger charge is 2.34. The minimum Gasteiger partial charge on any atom is -0.377 e. The van der Waals surface area contributed by atoms with Crippen molar-refractivity contribution in [2.45, 2.75) is 70.9 Å². The SMILES string of the molecule is CCCC(CN)(CCC)N(CC)CC1CCCO1. The monoisotopic (exact) mass is 256 g/mol. The molecule has 1 unspecified atom stereocenters. The summed E-state index contributed by atoms with van der Waals surface area (Å²) in [5.41, 5.74) is 6.35. The molecule has 0 amide bonds. The summed E-state index contributed by atoms with van der Waals surface area (Å²) in [5.74, 6) is 0. The van der Waals surface area contributed by atoms with Crippen LogP contribution < -0.4 is 5.73 Å². The van der Waals surface area contributed by atoms with Crippen LogP contribution in [0.1, 0.15) is 59.3 Å². The van der Waals surface area contributed by atoms with Gasteiger partial charge < -0.3 is 10.5 Å². The van der Waals surface area contributed by atoms with Crippen molar-refractivity contribution < 1.29 is 4.74 Å². The molecular formula is C15H32N2O. The van der Waals surface area contributed by atoms with Crippen molar-refractivity contribution in [3.63, 3.8) is 0 Å². The number of nitrogens with two attached hydrogens (primary N) is 1. The predicted molar refractivity (Wildman–Crippen MR) is 77.8 cm³/mol. The highest BCUT2D eigenvalue weighted by atomic mass is 16.5. The maximum Gasteiger partial charge on any atom is 0.0703 e. The van der Waals surface area contributed by atoms with Crippen LogP contribution in [0.2, 0.25) is 0 Å². The molecule has 0 saturated carbocycles. The second kappa shape index (κ2) is 8.13. The molecule has 0 spiro atoms. The molecule has 1 aliphatic rings. The smallest absolute Gasteiger partial charge is 0.0703 e. The van der Waals surface area contributed by atoms with Gasteiger partial charge in [0.05, 0.1) is 6.10 Å². The Hall–Kier alpha value is -0.120. The van der Waals surface area contributed by atoms with E-state index in [2.05, 4.69) is 25.7 Å². The predicted octanol–water partition coefficient (Wildman–Crippen LogP) is 2.79. The van der Waals surface area contributed by atoms with Crippen LogP contribution in [0.25, 0.3) is 0 Å². The first kappa shape index (κ1) is 15.9. The quantitative estimate of drug-likeness (QED) is 0.689. The topological polar surface area (TPSA) is 38.5 Å². The van der Waals surface area contributed by atoms with E-state index in [9.17, 15) is 0 Å². The van der Waals surface area contributed by atoms with Gasteiger partial charge in [-0.1, -0.05) is 33.6 Å². The third-order valence-electron chi connectivity index (χ3n) is 4.31. The molecule has 0 bridgehead atoms. The van der Waals surface area contributed by atoms with E-state index in [-0.39, 0.29) is 5.54 Å². The Labute approximate surface area is 113 Å². The Morgan fingerprint density at radius 2 is 1.89 bits per heavy atom. The Kier molecular flexibility index (Phi) is 7.20. The Morgan fingerprint density at radius 3 is 2.28 bits per heavy atom. The minimum atomic E-state index is 0.199. The van der Waals surface area contributed by atoms with Gasteiger partial charge in [-0.15, -0.1) is 0 Å². The Bertz CT molecular complexity index is 209. The van der Waals surface area contributed by atoms with Crippen molar-refractivity contribution in [2.24, 2.45) is 5.73 Å². The summed E-state index contributed by atoms with van der Waals surface area (Å²) >= 11 is 0. The standard InChI is InChI=1S/C15H32N2O/c1-4-9-15(13-16,10-5-2)17(6-3)12-14-8-7-11-18-14/h14H,4-13,16H2,1-3H3. The molecule has 0 aliphatic carbocycles. The number of nitrogens with zero attached hydrogens (tertiary/aromatic N) is 1. The lowest BCUT2D eigenvalue weighted by Gasteiger charge is -2.44. The van der Waals surface area contributed by atoms with Gasteiger partial charge in [0.1, 0.15) is 0 Å². The second-order valence-electron chi connectivity index (χ2n) is 5.60. The van der Waals surface area contributed by atoms with E-state index < -0.39 is 0 Å². The molecule has 0 aromatic rings. The molecule has 1 fully saturated rings. The molecule has 3 heteroatoms. The largest absolute Gasteiger partial charge is 0.377 e. The van der Waals surface area contributed by atoms with Gasteiger partial charge >= 0.3 is 0 Å². The van der Waals surface area contributed by atoms with Crippen LogP contribution in [0.4, 0.5) is 0 Å². The molecule has 1 heterocycles.